The summed E-state index contributed by atoms with van der Waals surface area (Å²) in [6.45, 7) is -0.199. The van der Waals surface area contributed by atoms with Gasteiger partial charge in [0.1, 0.15) is 12.6 Å². The molecule has 6 nitrogen and oxygen atoms in total. The van der Waals surface area contributed by atoms with Gasteiger partial charge < -0.3 is 15.3 Å². The van der Waals surface area contributed by atoms with Crippen molar-refractivity contribution in [3.63, 3.8) is 0 Å². The minimum Gasteiger partial charge on any atom is -0.480 e. The zero-order valence-electron chi connectivity index (χ0n) is 15.2. The van der Waals surface area contributed by atoms with Crippen molar-refractivity contribution in [2.24, 2.45) is 0 Å². The Hall–Kier alpha value is -2.80. The number of amides is 2. The van der Waals surface area contributed by atoms with E-state index in [-0.39, 0.29) is 12.5 Å². The van der Waals surface area contributed by atoms with Gasteiger partial charge in [-0.05, 0) is 23.1 Å². The molecule has 2 aromatic carbocycles. The molecule has 0 fully saturated rings. The highest BCUT2D eigenvalue weighted by Gasteiger charge is 2.32. The molecule has 0 radical (unpaired) electrons. The fourth-order valence-electron chi connectivity index (χ4n) is 3.33. The van der Waals surface area contributed by atoms with E-state index in [2.05, 4.69) is 17.9 Å². The van der Waals surface area contributed by atoms with Crippen LogP contribution in [0.4, 0.5) is 0 Å². The summed E-state index contributed by atoms with van der Waals surface area (Å²) in [6.07, 6.45) is 0.759. The first-order valence-electron chi connectivity index (χ1n) is 9.04. The predicted molar refractivity (Wildman–Crippen MR) is 108 cm³/mol. The van der Waals surface area contributed by atoms with Crippen LogP contribution in [0.5, 0.6) is 0 Å². The second-order valence-electron chi connectivity index (χ2n) is 6.83. The summed E-state index contributed by atoms with van der Waals surface area (Å²) in [5.41, 5.74) is 2.79. The number of aliphatic carboxylic acids is 1. The van der Waals surface area contributed by atoms with Crippen molar-refractivity contribution in [1.82, 2.24) is 10.2 Å². The molecule has 1 heterocycles. The molecular formula is C21H22N2O4S. The number of nitrogens with one attached hydrogen (secondary N) is 1. The Bertz CT molecular complexity index is 872. The number of carbonyl (C=O) groups excluding carboxylic acids is 2. The van der Waals surface area contributed by atoms with Gasteiger partial charge in [0.25, 0.3) is 0 Å². The van der Waals surface area contributed by atoms with Gasteiger partial charge in [-0.25, -0.2) is 0 Å². The number of carboxylic acid groups (broad SMARTS) is 1. The van der Waals surface area contributed by atoms with Crippen LogP contribution in [0, 0.1) is 0 Å². The first-order valence-corrected chi connectivity index (χ1v) is 9.55. The monoisotopic (exact) mass is 398 g/mol. The minimum atomic E-state index is -1.09. The van der Waals surface area contributed by atoms with E-state index in [4.69, 9.17) is 5.11 Å². The Morgan fingerprint density at radius 3 is 2.43 bits per heavy atom. The first kappa shape index (κ1) is 19.9. The number of rotatable bonds is 6. The number of fused-ring (bicyclic) bond motifs is 1. The highest BCUT2D eigenvalue weighted by molar-refractivity contribution is 7.81. The van der Waals surface area contributed by atoms with Gasteiger partial charge in [0.2, 0.25) is 11.8 Å². The van der Waals surface area contributed by atoms with Crippen molar-refractivity contribution in [1.29, 1.82) is 0 Å². The number of hydrogen-bond acceptors (Lipinski definition) is 4. The summed E-state index contributed by atoms with van der Waals surface area (Å²) >= 11 is 4.39. The van der Waals surface area contributed by atoms with Crippen LogP contribution in [0.1, 0.15) is 16.7 Å². The summed E-state index contributed by atoms with van der Waals surface area (Å²) in [7, 11) is 0. The molecule has 0 saturated heterocycles. The Morgan fingerprint density at radius 1 is 1.11 bits per heavy atom. The molecule has 2 aromatic rings. The lowest BCUT2D eigenvalue weighted by Gasteiger charge is -2.24. The molecule has 2 amide bonds. The van der Waals surface area contributed by atoms with E-state index >= 15 is 0 Å². The molecule has 0 aliphatic carbocycles. The average molecular weight is 398 g/mol. The summed E-state index contributed by atoms with van der Waals surface area (Å²) in [5, 5.41) is 11.3. The Balaban J connectivity index is 1.76. The molecule has 0 unspecified atom stereocenters. The third-order valence-corrected chi connectivity index (χ3v) is 5.15. The van der Waals surface area contributed by atoms with Crippen LogP contribution >= 0.6 is 12.6 Å². The zero-order valence-corrected chi connectivity index (χ0v) is 16.1. The van der Waals surface area contributed by atoms with E-state index < -0.39 is 29.7 Å². The lowest BCUT2D eigenvalue weighted by atomic mass is 10.0. The average Bonchev–Trinajstić information content (AvgIpc) is 2.79. The SMILES string of the molecule is O=C(O)CN1Cc2ccccc2C[C@H](NC(=O)[C@@H](S)Cc2ccccc2)C1=O. The fourth-order valence-corrected chi connectivity index (χ4v) is 3.62. The van der Waals surface area contributed by atoms with E-state index in [0.29, 0.717) is 12.8 Å². The van der Waals surface area contributed by atoms with Crippen molar-refractivity contribution in [3.05, 3.63) is 71.3 Å². The standard InChI is InChI=1S/C21H22N2O4S/c24-19(25)13-23-12-16-9-5-4-8-15(16)11-17(21(23)27)22-20(26)18(28)10-14-6-2-1-3-7-14/h1-9,17-18,28H,10-13H2,(H,22,26)(H,24,25)/t17-,18-/m0/s1. The van der Waals surface area contributed by atoms with Crippen LogP contribution < -0.4 is 5.32 Å². The number of nitrogens with zero attached hydrogens (tertiary/aromatic N) is 1. The van der Waals surface area contributed by atoms with Crippen molar-refractivity contribution in [2.75, 3.05) is 6.54 Å². The largest absolute Gasteiger partial charge is 0.480 e. The number of hydrogen-bond donors (Lipinski definition) is 3. The molecule has 1 aliphatic rings. The van der Waals surface area contributed by atoms with Crippen LogP contribution in [0.25, 0.3) is 0 Å². The lowest BCUT2D eigenvalue weighted by molar-refractivity contribution is -0.146. The van der Waals surface area contributed by atoms with Crippen LogP contribution in [0.15, 0.2) is 54.6 Å². The Kier molecular flexibility index (Phi) is 6.36. The molecule has 28 heavy (non-hydrogen) atoms. The predicted octanol–water partition coefficient (Wildman–Crippen LogP) is 1.68. The molecule has 0 bridgehead atoms. The Morgan fingerprint density at radius 2 is 1.75 bits per heavy atom. The van der Waals surface area contributed by atoms with Crippen LogP contribution in [-0.2, 0) is 33.8 Å². The summed E-state index contributed by atoms with van der Waals surface area (Å²) in [5.74, 6) is -1.83. The van der Waals surface area contributed by atoms with Gasteiger partial charge in [0.15, 0.2) is 0 Å². The van der Waals surface area contributed by atoms with Crippen LogP contribution in [0.3, 0.4) is 0 Å². The molecule has 0 spiro atoms. The van der Waals surface area contributed by atoms with E-state index in [1.165, 1.54) is 4.90 Å². The smallest absolute Gasteiger partial charge is 0.323 e. The van der Waals surface area contributed by atoms with Gasteiger partial charge in [-0.3, -0.25) is 14.4 Å². The highest BCUT2D eigenvalue weighted by atomic mass is 32.1. The highest BCUT2D eigenvalue weighted by Crippen LogP contribution is 2.20. The van der Waals surface area contributed by atoms with Crippen molar-refractivity contribution in [3.8, 4) is 0 Å². The molecule has 3 rings (SSSR count). The number of carbonyl (C=O) groups is 3. The summed E-state index contributed by atoms with van der Waals surface area (Å²) in [4.78, 5) is 38.0. The number of carboxylic acids is 1. The third-order valence-electron chi connectivity index (χ3n) is 4.73. The molecule has 1 aliphatic heterocycles. The zero-order chi connectivity index (χ0) is 20.1. The van der Waals surface area contributed by atoms with Crippen molar-refractivity contribution in [2.45, 2.75) is 30.7 Å². The fraction of sp³-hybridized carbons (Fsp3) is 0.286. The summed E-state index contributed by atoms with van der Waals surface area (Å²) < 4.78 is 0. The topological polar surface area (TPSA) is 86.7 Å². The second-order valence-corrected chi connectivity index (χ2v) is 7.45. The van der Waals surface area contributed by atoms with E-state index in [0.717, 1.165) is 16.7 Å². The van der Waals surface area contributed by atoms with Crippen LogP contribution in [-0.4, -0.2) is 45.6 Å². The minimum absolute atomic E-state index is 0.210. The van der Waals surface area contributed by atoms with Gasteiger partial charge >= 0.3 is 5.97 Å². The molecule has 2 atom stereocenters. The lowest BCUT2D eigenvalue weighted by Crippen LogP contribution is -2.51. The number of benzene rings is 2. The maximum absolute atomic E-state index is 12.9. The third kappa shape index (κ3) is 4.92. The van der Waals surface area contributed by atoms with Crippen molar-refractivity contribution < 1.29 is 19.5 Å². The second kappa shape index (κ2) is 8.93. The maximum Gasteiger partial charge on any atom is 0.323 e. The normalized spacial score (nSPS) is 17.4. The van der Waals surface area contributed by atoms with Gasteiger partial charge in [0.05, 0.1) is 5.25 Å². The Labute approximate surface area is 169 Å². The van der Waals surface area contributed by atoms with Crippen molar-refractivity contribution >= 4 is 30.4 Å². The van der Waals surface area contributed by atoms with E-state index in [1.54, 1.807) is 0 Å². The molecular weight excluding hydrogens is 376 g/mol. The quantitative estimate of drug-likeness (QED) is 0.646. The molecule has 0 aromatic heterocycles. The van der Waals surface area contributed by atoms with Gasteiger partial charge in [0, 0.05) is 13.0 Å². The number of thiol groups is 1. The van der Waals surface area contributed by atoms with E-state index in [9.17, 15) is 14.4 Å². The first-order chi connectivity index (χ1) is 13.4. The summed E-state index contributed by atoms with van der Waals surface area (Å²) in [6, 6.07) is 16.2. The molecule has 2 N–H and O–H groups in total. The van der Waals surface area contributed by atoms with Crippen LogP contribution in [0.2, 0.25) is 0 Å². The van der Waals surface area contributed by atoms with Gasteiger partial charge in [-0.15, -0.1) is 0 Å². The van der Waals surface area contributed by atoms with Gasteiger partial charge in [-0.1, -0.05) is 54.6 Å². The molecule has 146 valence electrons. The maximum atomic E-state index is 12.9. The molecule has 7 heteroatoms. The molecule has 0 saturated carbocycles. The van der Waals surface area contributed by atoms with E-state index in [1.807, 2.05) is 54.6 Å². The van der Waals surface area contributed by atoms with Gasteiger partial charge in [-0.2, -0.15) is 12.6 Å².